The molecule has 2 rings (SSSR count). The number of halogens is 2. The summed E-state index contributed by atoms with van der Waals surface area (Å²) >= 11 is 8.25. The highest BCUT2D eigenvalue weighted by Crippen LogP contribution is 2.35. The monoisotopic (exact) mass is 471 g/mol. The molecule has 24 heavy (non-hydrogen) atoms. The molecule has 132 valence electrons. The van der Waals surface area contributed by atoms with Crippen molar-refractivity contribution in [1.29, 1.82) is 0 Å². The van der Waals surface area contributed by atoms with Crippen molar-refractivity contribution in [2.24, 2.45) is 0 Å². The third-order valence-electron chi connectivity index (χ3n) is 3.23. The lowest BCUT2D eigenvalue weighted by Crippen LogP contribution is -2.36. The number of carbonyl (C=O) groups excluding carboxylic acids is 2. The molecule has 1 aromatic rings. The highest BCUT2D eigenvalue weighted by atomic mass is 127. The number of hydrogen-bond donors (Lipinski definition) is 1. The molecule has 0 aliphatic carbocycles. The fourth-order valence-corrected chi connectivity index (χ4v) is 3.04. The van der Waals surface area contributed by atoms with Crippen LogP contribution in [0.15, 0.2) is 11.0 Å². The molecule has 0 aromatic carbocycles. The molecule has 1 saturated heterocycles. The fraction of sp³-hybridized carbons (Fsp3) is 0.538. The van der Waals surface area contributed by atoms with Crippen LogP contribution in [0.2, 0.25) is 0 Å². The lowest BCUT2D eigenvalue weighted by atomic mass is 10.1. The molecule has 0 amide bonds. The van der Waals surface area contributed by atoms with E-state index >= 15 is 0 Å². The minimum absolute atomic E-state index is 0.0916. The van der Waals surface area contributed by atoms with Crippen molar-refractivity contribution in [3.05, 3.63) is 20.3 Å². The van der Waals surface area contributed by atoms with E-state index in [4.69, 9.17) is 31.5 Å². The first-order chi connectivity index (χ1) is 11.2. The molecule has 4 atom stereocenters. The molecule has 0 spiro atoms. The van der Waals surface area contributed by atoms with E-state index in [1.807, 2.05) is 22.6 Å². The van der Waals surface area contributed by atoms with Gasteiger partial charge >= 0.3 is 17.6 Å². The summed E-state index contributed by atoms with van der Waals surface area (Å²) in [7, 11) is 0. The van der Waals surface area contributed by atoms with Crippen molar-refractivity contribution in [3.8, 4) is 0 Å². The van der Waals surface area contributed by atoms with E-state index in [0.29, 0.717) is 3.57 Å². The maximum absolute atomic E-state index is 12.1. The van der Waals surface area contributed by atoms with Gasteiger partial charge in [0.25, 0.3) is 0 Å². The van der Waals surface area contributed by atoms with Gasteiger partial charge in [0.15, 0.2) is 12.3 Å². The first kappa shape index (κ1) is 18.9. The molecule has 1 fully saturated rings. The van der Waals surface area contributed by atoms with Crippen LogP contribution in [0.1, 0.15) is 20.1 Å². The van der Waals surface area contributed by atoms with E-state index in [2.05, 4.69) is 4.98 Å². The molecule has 9 nitrogen and oxygen atoms in total. The van der Waals surface area contributed by atoms with E-state index in [-0.39, 0.29) is 12.4 Å². The molecule has 1 aliphatic rings. The number of aromatic nitrogens is 2. The molecule has 0 saturated carbocycles. The summed E-state index contributed by atoms with van der Waals surface area (Å²) in [5.41, 5.74) is 4.94. The van der Waals surface area contributed by atoms with Gasteiger partial charge in [0.05, 0.1) is 3.57 Å². The SMILES string of the molecule is CC(=O)OC[C@H]1O[C@@H](n2cc(I)c(N)nc2=O)[C@@H](Cl)[C@@H]1OC(C)=O. The van der Waals surface area contributed by atoms with E-state index in [1.54, 1.807) is 0 Å². The van der Waals surface area contributed by atoms with Gasteiger partial charge in [0, 0.05) is 20.0 Å². The summed E-state index contributed by atoms with van der Waals surface area (Å²) in [5.74, 6) is -0.996. The first-order valence-electron chi connectivity index (χ1n) is 6.85. The van der Waals surface area contributed by atoms with Gasteiger partial charge in [-0.15, -0.1) is 11.6 Å². The van der Waals surface area contributed by atoms with Gasteiger partial charge in [-0.3, -0.25) is 14.2 Å². The van der Waals surface area contributed by atoms with Gasteiger partial charge in [0.1, 0.15) is 23.9 Å². The molecule has 0 unspecified atom stereocenters. The second-order valence-corrected chi connectivity index (χ2v) is 6.72. The van der Waals surface area contributed by atoms with Crippen LogP contribution in [0, 0.1) is 3.57 Å². The van der Waals surface area contributed by atoms with Crippen molar-refractivity contribution in [3.63, 3.8) is 0 Å². The second kappa shape index (κ2) is 7.66. The van der Waals surface area contributed by atoms with Crippen molar-refractivity contribution >= 4 is 51.9 Å². The van der Waals surface area contributed by atoms with Gasteiger partial charge in [0.2, 0.25) is 0 Å². The third kappa shape index (κ3) is 4.16. The van der Waals surface area contributed by atoms with E-state index in [1.165, 1.54) is 24.6 Å². The summed E-state index contributed by atoms with van der Waals surface area (Å²) in [4.78, 5) is 38.0. The number of esters is 2. The molecular weight excluding hydrogens is 457 g/mol. The Morgan fingerprint density at radius 1 is 1.46 bits per heavy atom. The fourth-order valence-electron chi connectivity index (χ4n) is 2.22. The zero-order valence-electron chi connectivity index (χ0n) is 12.8. The molecule has 1 aliphatic heterocycles. The zero-order valence-corrected chi connectivity index (χ0v) is 15.7. The first-order valence-corrected chi connectivity index (χ1v) is 8.36. The van der Waals surface area contributed by atoms with Crippen molar-refractivity contribution in [2.75, 3.05) is 12.3 Å². The van der Waals surface area contributed by atoms with E-state index in [9.17, 15) is 14.4 Å². The Kier molecular flexibility index (Phi) is 6.04. The predicted octanol–water partition coefficient (Wildman–Crippen LogP) is 0.430. The van der Waals surface area contributed by atoms with Gasteiger partial charge in [-0.1, -0.05) is 0 Å². The number of anilines is 1. The summed E-state index contributed by atoms with van der Waals surface area (Å²) in [5, 5.41) is -0.881. The van der Waals surface area contributed by atoms with Crippen molar-refractivity contribution in [2.45, 2.75) is 37.7 Å². The van der Waals surface area contributed by atoms with Crippen LogP contribution in [0.25, 0.3) is 0 Å². The quantitative estimate of drug-likeness (QED) is 0.381. The molecular formula is C13H15ClIN3O6. The Balaban J connectivity index is 2.31. The molecule has 0 bridgehead atoms. The van der Waals surface area contributed by atoms with Gasteiger partial charge in [-0.2, -0.15) is 4.98 Å². The van der Waals surface area contributed by atoms with Gasteiger partial charge in [-0.25, -0.2) is 4.79 Å². The molecule has 11 heteroatoms. The van der Waals surface area contributed by atoms with E-state index < -0.39 is 41.4 Å². The van der Waals surface area contributed by atoms with Crippen LogP contribution >= 0.6 is 34.2 Å². The Morgan fingerprint density at radius 3 is 2.71 bits per heavy atom. The predicted molar refractivity (Wildman–Crippen MR) is 91.4 cm³/mol. The number of alkyl halides is 1. The van der Waals surface area contributed by atoms with Crippen molar-refractivity contribution in [1.82, 2.24) is 9.55 Å². The number of carbonyl (C=O) groups is 2. The second-order valence-electron chi connectivity index (χ2n) is 5.05. The highest BCUT2D eigenvalue weighted by Gasteiger charge is 2.47. The summed E-state index contributed by atoms with van der Waals surface area (Å²) in [6.45, 7) is 2.29. The molecule has 2 heterocycles. The standard InChI is InChI=1S/C13H15ClIN3O6/c1-5(19)22-4-8-10(23-6(2)20)9(14)12(24-8)18-3-7(15)11(16)17-13(18)21/h3,8-10,12H,4H2,1-2H3,(H2,16,17,21)/t8-,9+,10-,12-/m1/s1. The van der Waals surface area contributed by atoms with Crippen LogP contribution in [0.4, 0.5) is 5.82 Å². The van der Waals surface area contributed by atoms with Crippen LogP contribution in [0.3, 0.4) is 0 Å². The number of rotatable bonds is 4. The van der Waals surface area contributed by atoms with Crippen LogP contribution < -0.4 is 11.4 Å². The smallest absolute Gasteiger partial charge is 0.351 e. The maximum Gasteiger partial charge on any atom is 0.351 e. The number of ether oxygens (including phenoxy) is 3. The third-order valence-corrected chi connectivity index (χ3v) is 4.52. The minimum atomic E-state index is -0.953. The number of nitrogens with two attached hydrogens (primary N) is 1. The normalized spacial score (nSPS) is 26.2. The van der Waals surface area contributed by atoms with Crippen molar-refractivity contribution < 1.29 is 23.8 Å². The zero-order chi connectivity index (χ0) is 18.0. The maximum atomic E-state index is 12.1. The summed E-state index contributed by atoms with van der Waals surface area (Å²) in [6.07, 6.45) is -1.21. The lowest BCUT2D eigenvalue weighted by Gasteiger charge is -2.19. The largest absolute Gasteiger partial charge is 0.463 e. The number of hydrogen-bond acceptors (Lipinski definition) is 8. The number of nitrogen functional groups attached to an aromatic ring is 1. The van der Waals surface area contributed by atoms with Crippen LogP contribution in [-0.4, -0.2) is 45.7 Å². The summed E-state index contributed by atoms with van der Waals surface area (Å²) < 4.78 is 17.5. The van der Waals surface area contributed by atoms with Gasteiger partial charge in [-0.05, 0) is 22.6 Å². The average Bonchev–Trinajstić information content (AvgIpc) is 2.77. The Hall–Kier alpha value is -1.40. The minimum Gasteiger partial charge on any atom is -0.463 e. The van der Waals surface area contributed by atoms with Crippen LogP contribution in [-0.2, 0) is 23.8 Å². The molecule has 1 aromatic heterocycles. The summed E-state index contributed by atoms with van der Waals surface area (Å²) in [6, 6.07) is 0. The van der Waals surface area contributed by atoms with Crippen LogP contribution in [0.5, 0.6) is 0 Å². The Morgan fingerprint density at radius 2 is 2.12 bits per heavy atom. The molecule has 2 N–H and O–H groups in total. The molecule has 0 radical (unpaired) electrons. The van der Waals surface area contributed by atoms with E-state index in [0.717, 1.165) is 0 Å². The Bertz CT molecular complexity index is 711. The number of nitrogens with zero attached hydrogens (tertiary/aromatic N) is 2. The average molecular weight is 472 g/mol. The lowest BCUT2D eigenvalue weighted by molar-refractivity contribution is -0.155. The topological polar surface area (TPSA) is 123 Å². The van der Waals surface area contributed by atoms with Gasteiger partial charge < -0.3 is 19.9 Å². The Labute approximate surface area is 155 Å². The highest BCUT2D eigenvalue weighted by molar-refractivity contribution is 14.1.